The lowest BCUT2D eigenvalue weighted by atomic mass is 9.89. The summed E-state index contributed by atoms with van der Waals surface area (Å²) in [6, 6.07) is 10.8. The van der Waals surface area contributed by atoms with Gasteiger partial charge < -0.3 is 9.15 Å². The van der Waals surface area contributed by atoms with Crippen molar-refractivity contribution in [2.45, 2.75) is 26.2 Å². The largest absolute Gasteiger partial charge is 0.457 e. The second kappa shape index (κ2) is 6.51. The van der Waals surface area contributed by atoms with Crippen molar-refractivity contribution in [3.05, 3.63) is 42.0 Å². The number of fused-ring (bicyclic) bond motifs is 4. The summed E-state index contributed by atoms with van der Waals surface area (Å²) in [4.78, 5) is 25.0. The third kappa shape index (κ3) is 2.84. The zero-order valence-corrected chi connectivity index (χ0v) is 15.8. The molecule has 0 spiro atoms. The average molecular weight is 372 g/mol. The molecular weight excluding hydrogens is 351 g/mol. The van der Waals surface area contributed by atoms with Crippen molar-refractivity contribution >= 4 is 47.0 Å². The average Bonchev–Trinajstić information content (AvgIpc) is 3.22. The van der Waals surface area contributed by atoms with Crippen LogP contribution in [0.15, 0.2) is 40.8 Å². The summed E-state index contributed by atoms with van der Waals surface area (Å²) < 4.78 is 11.2. The van der Waals surface area contributed by atoms with Gasteiger partial charge >= 0.3 is 5.97 Å². The van der Waals surface area contributed by atoms with Crippen molar-refractivity contribution in [2.75, 3.05) is 6.61 Å². The van der Waals surface area contributed by atoms with Crippen LogP contribution in [0.3, 0.4) is 0 Å². The SMILES string of the molecule is [B]c1ccc2c(c1)oc1cc(C(=O)COC(=O)C3CCCC4C(C)C34)ccc12. The second-order valence-electron chi connectivity index (χ2n) is 8.24. The number of carbonyl (C=O) groups excluding carboxylic acids is 2. The molecule has 2 radical (unpaired) electrons. The molecular formula is C23H21BO4. The Morgan fingerprint density at radius 3 is 2.68 bits per heavy atom. The fraction of sp³-hybridized carbons (Fsp3) is 0.391. The molecule has 2 aromatic carbocycles. The van der Waals surface area contributed by atoms with E-state index in [0.29, 0.717) is 39.9 Å². The first-order valence-electron chi connectivity index (χ1n) is 9.94. The van der Waals surface area contributed by atoms with Gasteiger partial charge in [0, 0.05) is 16.3 Å². The van der Waals surface area contributed by atoms with E-state index in [1.807, 2.05) is 18.2 Å². The quantitative estimate of drug-likeness (QED) is 0.397. The van der Waals surface area contributed by atoms with Gasteiger partial charge in [0.25, 0.3) is 0 Å². The first-order valence-corrected chi connectivity index (χ1v) is 9.94. The topological polar surface area (TPSA) is 56.5 Å². The number of esters is 1. The number of rotatable bonds is 4. The highest BCUT2D eigenvalue weighted by atomic mass is 16.5. The zero-order chi connectivity index (χ0) is 19.4. The molecule has 2 fully saturated rings. The number of benzene rings is 2. The highest BCUT2D eigenvalue weighted by molar-refractivity contribution is 6.33. The van der Waals surface area contributed by atoms with Crippen LogP contribution in [0.4, 0.5) is 0 Å². The number of Topliss-reactive ketones (excluding diaryl/α,β-unsaturated/α-hetero) is 1. The summed E-state index contributed by atoms with van der Waals surface area (Å²) in [5, 5.41) is 1.89. The van der Waals surface area contributed by atoms with Crippen molar-refractivity contribution in [1.29, 1.82) is 0 Å². The van der Waals surface area contributed by atoms with Crippen molar-refractivity contribution in [3.63, 3.8) is 0 Å². The van der Waals surface area contributed by atoms with E-state index in [2.05, 4.69) is 6.92 Å². The lowest BCUT2D eigenvalue weighted by Gasteiger charge is -2.19. The van der Waals surface area contributed by atoms with Crippen LogP contribution in [-0.4, -0.2) is 26.2 Å². The summed E-state index contributed by atoms with van der Waals surface area (Å²) in [7, 11) is 5.81. The van der Waals surface area contributed by atoms with E-state index in [0.717, 1.165) is 23.6 Å². The van der Waals surface area contributed by atoms with Crippen molar-refractivity contribution in [1.82, 2.24) is 0 Å². The molecule has 5 heteroatoms. The predicted octanol–water partition coefficient (Wildman–Crippen LogP) is 3.79. The number of ether oxygens (including phenoxy) is 1. The van der Waals surface area contributed by atoms with E-state index < -0.39 is 0 Å². The molecule has 4 unspecified atom stereocenters. The monoisotopic (exact) mass is 372 g/mol. The molecule has 3 aromatic rings. The predicted molar refractivity (Wildman–Crippen MR) is 108 cm³/mol. The minimum atomic E-state index is -0.222. The summed E-state index contributed by atoms with van der Waals surface area (Å²) >= 11 is 0. The van der Waals surface area contributed by atoms with E-state index in [1.54, 1.807) is 18.2 Å². The van der Waals surface area contributed by atoms with Crippen molar-refractivity contribution in [2.24, 2.45) is 23.7 Å². The Hall–Kier alpha value is -2.56. The third-order valence-electron chi connectivity index (χ3n) is 6.62. The molecule has 4 atom stereocenters. The van der Waals surface area contributed by atoms with Crippen LogP contribution in [0.2, 0.25) is 0 Å². The lowest BCUT2D eigenvalue weighted by Crippen LogP contribution is -2.25. The van der Waals surface area contributed by atoms with Crippen LogP contribution >= 0.6 is 0 Å². The van der Waals surface area contributed by atoms with Crippen molar-refractivity contribution in [3.8, 4) is 0 Å². The molecule has 0 aliphatic heterocycles. The smallest absolute Gasteiger partial charge is 0.309 e. The Morgan fingerprint density at radius 1 is 1.11 bits per heavy atom. The third-order valence-corrected chi connectivity index (χ3v) is 6.62. The summed E-state index contributed by atoms with van der Waals surface area (Å²) in [6.45, 7) is 1.99. The molecule has 28 heavy (non-hydrogen) atoms. The van der Waals surface area contributed by atoms with Gasteiger partial charge in [0.05, 0.1) is 5.92 Å². The van der Waals surface area contributed by atoms with Crippen LogP contribution in [0.5, 0.6) is 0 Å². The number of furan rings is 1. The first-order chi connectivity index (χ1) is 13.5. The minimum absolute atomic E-state index is 0.0372. The Morgan fingerprint density at radius 2 is 1.86 bits per heavy atom. The molecule has 0 amide bonds. The number of ketones is 1. The molecule has 4 nitrogen and oxygen atoms in total. The minimum Gasteiger partial charge on any atom is -0.457 e. The highest BCUT2D eigenvalue weighted by Crippen LogP contribution is 2.58. The van der Waals surface area contributed by atoms with Gasteiger partial charge in [-0.25, -0.2) is 0 Å². The maximum atomic E-state index is 12.6. The number of hydrogen-bond donors (Lipinski definition) is 0. The molecule has 2 aliphatic carbocycles. The molecule has 5 rings (SSSR count). The number of carbonyl (C=O) groups is 2. The number of hydrogen-bond acceptors (Lipinski definition) is 4. The molecule has 1 aromatic heterocycles. The van der Waals surface area contributed by atoms with Crippen LogP contribution in [0.25, 0.3) is 21.9 Å². The van der Waals surface area contributed by atoms with Gasteiger partial charge in [-0.3, -0.25) is 9.59 Å². The Bertz CT molecular complexity index is 1100. The van der Waals surface area contributed by atoms with E-state index in [9.17, 15) is 9.59 Å². The summed E-state index contributed by atoms with van der Waals surface area (Å²) in [5.41, 5.74) is 2.43. The Balaban J connectivity index is 1.30. The van der Waals surface area contributed by atoms with Crippen LogP contribution in [0, 0.1) is 23.7 Å². The molecule has 0 N–H and O–H groups in total. The van der Waals surface area contributed by atoms with Gasteiger partial charge in [0.15, 0.2) is 12.4 Å². The lowest BCUT2D eigenvalue weighted by molar-refractivity contribution is -0.149. The normalized spacial score (nSPS) is 26.2. The second-order valence-corrected chi connectivity index (χ2v) is 8.24. The molecule has 2 saturated carbocycles. The van der Waals surface area contributed by atoms with E-state index >= 15 is 0 Å². The highest BCUT2D eigenvalue weighted by Gasteiger charge is 2.55. The van der Waals surface area contributed by atoms with E-state index in [-0.39, 0.29) is 24.3 Å². The van der Waals surface area contributed by atoms with Crippen LogP contribution in [-0.2, 0) is 9.53 Å². The molecule has 2 aliphatic rings. The fourth-order valence-electron chi connectivity index (χ4n) is 5.03. The van der Waals surface area contributed by atoms with Gasteiger partial charge in [-0.15, -0.1) is 0 Å². The van der Waals surface area contributed by atoms with Crippen LogP contribution < -0.4 is 5.46 Å². The Labute approximate surface area is 164 Å². The summed E-state index contributed by atoms with van der Waals surface area (Å²) in [5.74, 6) is 1.27. The maximum absolute atomic E-state index is 12.6. The standard InChI is InChI=1S/C23H21BO4/c1-12-15-3-2-4-18(22(12)15)23(26)27-11-19(25)13-5-7-16-17-8-6-14(24)10-21(17)28-20(16)9-13/h5-10,12,15,18,22H,2-4,11H2,1H3. The van der Waals surface area contributed by atoms with Gasteiger partial charge in [0.2, 0.25) is 0 Å². The molecule has 1 heterocycles. The van der Waals surface area contributed by atoms with E-state index in [1.165, 1.54) is 6.42 Å². The molecule has 140 valence electrons. The van der Waals surface area contributed by atoms with Gasteiger partial charge in [-0.2, -0.15) is 0 Å². The Kier molecular flexibility index (Phi) is 4.07. The van der Waals surface area contributed by atoms with Gasteiger partial charge in [0.1, 0.15) is 19.0 Å². The maximum Gasteiger partial charge on any atom is 0.309 e. The molecule has 0 saturated heterocycles. The van der Waals surface area contributed by atoms with Gasteiger partial charge in [-0.1, -0.05) is 37.0 Å². The van der Waals surface area contributed by atoms with Crippen LogP contribution in [0.1, 0.15) is 36.5 Å². The fourth-order valence-corrected chi connectivity index (χ4v) is 5.03. The first kappa shape index (κ1) is 17.5. The van der Waals surface area contributed by atoms with Crippen molar-refractivity contribution < 1.29 is 18.7 Å². The molecule has 0 bridgehead atoms. The van der Waals surface area contributed by atoms with Gasteiger partial charge in [-0.05, 0) is 48.8 Å². The summed E-state index contributed by atoms with van der Waals surface area (Å²) in [6.07, 6.45) is 3.18. The van der Waals surface area contributed by atoms with E-state index in [4.69, 9.17) is 17.0 Å². The zero-order valence-electron chi connectivity index (χ0n) is 15.8.